The molecule has 2 amide bonds. The van der Waals surface area contributed by atoms with E-state index in [1.165, 1.54) is 25.7 Å². The van der Waals surface area contributed by atoms with Crippen LogP contribution in [0.5, 0.6) is 0 Å². The number of carbonyl (C=O) groups is 3. The first kappa shape index (κ1) is 28.2. The van der Waals surface area contributed by atoms with Crippen molar-refractivity contribution in [2.75, 3.05) is 26.7 Å². The summed E-state index contributed by atoms with van der Waals surface area (Å²) in [6.45, 7) is 6.48. The second kappa shape index (κ2) is 11.8. The Hall–Kier alpha value is -2.42. The van der Waals surface area contributed by atoms with Crippen molar-refractivity contribution in [2.45, 2.75) is 56.9 Å². The van der Waals surface area contributed by atoms with E-state index in [0.29, 0.717) is 12.0 Å². The molecule has 198 valence electrons. The Morgan fingerprint density at radius 3 is 2.33 bits per heavy atom. The molecule has 0 saturated carbocycles. The number of likely N-dealkylation sites (tertiary alicyclic amines) is 1. The number of piperidine rings is 1. The zero-order chi connectivity index (χ0) is 26.7. The maximum atomic E-state index is 12.5. The van der Waals surface area contributed by atoms with E-state index in [4.69, 9.17) is 20.4 Å². The molecular formula is C24H33IN4O7. The number of H-pyrrole nitrogens is 1. The summed E-state index contributed by atoms with van der Waals surface area (Å²) in [7, 11) is 2.21. The lowest BCUT2D eigenvalue weighted by atomic mass is 9.74. The summed E-state index contributed by atoms with van der Waals surface area (Å²) < 4.78 is 1.27. The standard InChI is InChI=1S/C20H27IN4O.C4H6O6/c1-4-25(5-2)20(26)22-12-9-14-13-7-6-8-16-18(13)15(19(21)23-16)10-17(14)24(3)11-12;5-1(3(7)8)2(6)4(9)10/h6-8,12,14,17,23H,4-5,9-11H2,1-3H3,(H,22,26);1-2,5-6H,(H,7,8)(H,9,10)/t12-,14+,17+;/m0./s1. The Kier molecular flexibility index (Phi) is 9.19. The van der Waals surface area contributed by atoms with Crippen LogP contribution in [0.2, 0.25) is 0 Å². The van der Waals surface area contributed by atoms with Crippen LogP contribution in [-0.4, -0.2) is 104 Å². The zero-order valence-electron chi connectivity index (χ0n) is 20.4. The van der Waals surface area contributed by atoms with Gasteiger partial charge in [-0.25, -0.2) is 14.4 Å². The SMILES string of the molecule is CCN(CC)C(=O)N[C@H]1C[C@@H]2c3cccc4[nH]c(I)c(c34)C[C@H]2N(C)C1.O=C(O)C(O)C(O)C(=O)O. The molecule has 11 nitrogen and oxygen atoms in total. The number of urea groups is 1. The number of nitrogens with one attached hydrogen (secondary N) is 2. The molecule has 2 heterocycles. The molecule has 1 aliphatic heterocycles. The van der Waals surface area contributed by atoms with Gasteiger partial charge >= 0.3 is 18.0 Å². The molecule has 1 aromatic heterocycles. The van der Waals surface area contributed by atoms with Crippen LogP contribution in [0.1, 0.15) is 37.3 Å². The number of rotatable bonds is 6. The van der Waals surface area contributed by atoms with E-state index in [-0.39, 0.29) is 12.1 Å². The van der Waals surface area contributed by atoms with E-state index in [9.17, 15) is 14.4 Å². The van der Waals surface area contributed by atoms with Crippen molar-refractivity contribution in [2.24, 2.45) is 0 Å². The normalized spacial score (nSPS) is 22.6. The van der Waals surface area contributed by atoms with E-state index in [2.05, 4.69) is 63.0 Å². The van der Waals surface area contributed by atoms with Crippen LogP contribution < -0.4 is 5.32 Å². The number of carboxylic acids is 2. The first-order valence-electron chi connectivity index (χ1n) is 11.9. The molecule has 6 N–H and O–H groups in total. The molecule has 2 aromatic rings. The smallest absolute Gasteiger partial charge is 0.335 e. The zero-order valence-corrected chi connectivity index (χ0v) is 22.6. The maximum Gasteiger partial charge on any atom is 0.335 e. The lowest BCUT2D eigenvalue weighted by molar-refractivity contribution is -0.165. The predicted molar refractivity (Wildman–Crippen MR) is 141 cm³/mol. The molecule has 0 spiro atoms. The van der Waals surface area contributed by atoms with E-state index >= 15 is 0 Å². The molecule has 1 aliphatic carbocycles. The molecule has 2 unspecified atom stereocenters. The summed E-state index contributed by atoms with van der Waals surface area (Å²) in [6, 6.07) is 7.40. The Morgan fingerprint density at radius 2 is 1.78 bits per heavy atom. The third-order valence-electron chi connectivity index (χ3n) is 6.98. The molecule has 12 heteroatoms. The number of carbonyl (C=O) groups excluding carboxylic acids is 1. The van der Waals surface area contributed by atoms with Crippen LogP contribution in [0.3, 0.4) is 0 Å². The number of fused-ring (bicyclic) bond motifs is 2. The molecular weight excluding hydrogens is 583 g/mol. The summed E-state index contributed by atoms with van der Waals surface area (Å²) >= 11 is 2.43. The van der Waals surface area contributed by atoms with Crippen LogP contribution in [0.25, 0.3) is 10.9 Å². The lowest BCUT2D eigenvalue weighted by Gasteiger charge is -2.46. The van der Waals surface area contributed by atoms with Crippen LogP contribution in [-0.2, 0) is 16.0 Å². The van der Waals surface area contributed by atoms with Crippen LogP contribution >= 0.6 is 22.6 Å². The number of aromatic amines is 1. The summed E-state index contributed by atoms with van der Waals surface area (Å²) in [4.78, 5) is 39.9. The van der Waals surface area contributed by atoms with Gasteiger partial charge in [0.15, 0.2) is 12.2 Å². The number of hydrogen-bond donors (Lipinski definition) is 6. The van der Waals surface area contributed by atoms with E-state index < -0.39 is 24.1 Å². The molecule has 36 heavy (non-hydrogen) atoms. The second-order valence-corrected chi connectivity index (χ2v) is 10.2. The number of carboxylic acid groups (broad SMARTS) is 2. The van der Waals surface area contributed by atoms with Gasteiger partial charge in [0, 0.05) is 48.5 Å². The molecule has 1 fully saturated rings. The highest BCUT2D eigenvalue weighted by molar-refractivity contribution is 14.1. The number of nitrogens with zero attached hydrogens (tertiary/aromatic N) is 2. The average molecular weight is 616 g/mol. The van der Waals surface area contributed by atoms with Crippen molar-refractivity contribution >= 4 is 51.5 Å². The summed E-state index contributed by atoms with van der Waals surface area (Å²) in [5.74, 6) is -3.07. The highest BCUT2D eigenvalue weighted by atomic mass is 127. The Labute approximate surface area is 222 Å². The number of aliphatic hydroxyl groups excluding tert-OH is 2. The number of aromatic nitrogens is 1. The van der Waals surface area contributed by atoms with E-state index in [0.717, 1.165) is 32.5 Å². The fraction of sp³-hybridized carbons (Fsp3) is 0.542. The van der Waals surface area contributed by atoms with Gasteiger partial charge in [-0.3, -0.25) is 0 Å². The Bertz CT molecular complexity index is 1100. The number of aliphatic hydroxyl groups is 2. The topological polar surface area (TPSA) is 166 Å². The minimum absolute atomic E-state index is 0.0674. The van der Waals surface area contributed by atoms with Crippen LogP contribution in [0, 0.1) is 3.70 Å². The van der Waals surface area contributed by atoms with Crippen LogP contribution in [0.15, 0.2) is 18.2 Å². The van der Waals surface area contributed by atoms with Gasteiger partial charge < -0.3 is 40.5 Å². The number of hydrogen-bond acceptors (Lipinski definition) is 6. The second-order valence-electron chi connectivity index (χ2n) is 9.13. The molecule has 1 aromatic carbocycles. The van der Waals surface area contributed by atoms with Gasteiger partial charge in [0.05, 0.1) is 3.70 Å². The van der Waals surface area contributed by atoms with Gasteiger partial charge in [0.2, 0.25) is 0 Å². The molecule has 2 aliphatic rings. The number of benzene rings is 1. The van der Waals surface area contributed by atoms with Gasteiger partial charge in [0.25, 0.3) is 0 Å². The van der Waals surface area contributed by atoms with Gasteiger partial charge in [-0.15, -0.1) is 0 Å². The first-order valence-corrected chi connectivity index (χ1v) is 12.9. The number of amides is 2. The highest BCUT2D eigenvalue weighted by Gasteiger charge is 2.40. The monoisotopic (exact) mass is 616 g/mol. The maximum absolute atomic E-state index is 12.5. The Morgan fingerprint density at radius 1 is 1.17 bits per heavy atom. The minimum atomic E-state index is -2.27. The highest BCUT2D eigenvalue weighted by Crippen LogP contribution is 2.44. The largest absolute Gasteiger partial charge is 0.479 e. The summed E-state index contributed by atoms with van der Waals surface area (Å²) in [5.41, 5.74) is 4.16. The third-order valence-corrected chi connectivity index (χ3v) is 7.90. The van der Waals surface area contributed by atoms with E-state index in [1.54, 1.807) is 0 Å². The molecule has 4 rings (SSSR count). The van der Waals surface area contributed by atoms with Crippen molar-refractivity contribution in [3.8, 4) is 0 Å². The quantitative estimate of drug-likeness (QED) is 0.265. The van der Waals surface area contributed by atoms with Crippen molar-refractivity contribution in [1.29, 1.82) is 0 Å². The predicted octanol–water partition coefficient (Wildman–Crippen LogP) is 1.41. The van der Waals surface area contributed by atoms with Crippen LogP contribution in [0.4, 0.5) is 4.79 Å². The fourth-order valence-corrected chi connectivity index (χ4v) is 5.92. The van der Waals surface area contributed by atoms with Gasteiger partial charge in [0.1, 0.15) is 0 Å². The van der Waals surface area contributed by atoms with E-state index in [1.807, 2.05) is 18.7 Å². The van der Waals surface area contributed by atoms with Gasteiger partial charge in [-0.1, -0.05) is 12.1 Å². The number of halogens is 1. The molecule has 5 atom stereocenters. The number of aliphatic carboxylic acids is 2. The number of likely N-dealkylation sites (N-methyl/N-ethyl adjacent to an activating group) is 1. The van der Waals surface area contributed by atoms with Crippen molar-refractivity contribution in [3.05, 3.63) is 33.0 Å². The molecule has 0 bridgehead atoms. The fourth-order valence-electron chi connectivity index (χ4n) is 5.14. The van der Waals surface area contributed by atoms with Gasteiger partial charge in [-0.05, 0) is 73.5 Å². The van der Waals surface area contributed by atoms with Crippen molar-refractivity contribution < 1.29 is 34.8 Å². The summed E-state index contributed by atoms with van der Waals surface area (Å²) in [5, 5.41) is 37.2. The minimum Gasteiger partial charge on any atom is -0.479 e. The summed E-state index contributed by atoms with van der Waals surface area (Å²) in [6.07, 6.45) is -2.43. The van der Waals surface area contributed by atoms with Crippen molar-refractivity contribution in [3.63, 3.8) is 0 Å². The van der Waals surface area contributed by atoms with Crippen molar-refractivity contribution in [1.82, 2.24) is 20.1 Å². The average Bonchev–Trinajstić information content (AvgIpc) is 3.16. The Balaban J connectivity index is 0.000000308. The first-order chi connectivity index (χ1) is 17.0. The third kappa shape index (κ3) is 5.76. The molecule has 0 radical (unpaired) electrons. The molecule has 1 saturated heterocycles. The lowest BCUT2D eigenvalue weighted by Crippen LogP contribution is -2.56. The van der Waals surface area contributed by atoms with Gasteiger partial charge in [-0.2, -0.15) is 0 Å².